The lowest BCUT2D eigenvalue weighted by atomic mass is 9.74. The molecule has 0 spiro atoms. The molecule has 1 heterocycles. The Morgan fingerprint density at radius 3 is 2.37 bits per heavy atom. The maximum atomic E-state index is 9.83. The number of hydrogen-bond acceptors (Lipinski definition) is 2. The van der Waals surface area contributed by atoms with Gasteiger partial charge in [-0.15, -0.1) is 0 Å². The number of unbranched alkanes of at least 4 members (excludes halogenated alkanes) is 1. The van der Waals surface area contributed by atoms with Crippen LogP contribution in [0.3, 0.4) is 0 Å². The maximum absolute atomic E-state index is 9.83. The lowest BCUT2D eigenvalue weighted by molar-refractivity contribution is 0.272. The first kappa shape index (κ1) is 19.4. The van der Waals surface area contributed by atoms with Gasteiger partial charge in [-0.1, -0.05) is 55.8 Å². The van der Waals surface area contributed by atoms with Crippen molar-refractivity contribution >= 4 is 23.0 Å². The molecule has 0 atom stereocenters. The zero-order valence-electron chi connectivity index (χ0n) is 15.9. The minimum Gasteiger partial charge on any atom is -0.349 e. The van der Waals surface area contributed by atoms with Crippen molar-refractivity contribution in [2.75, 3.05) is 18.4 Å². The van der Waals surface area contributed by atoms with E-state index in [2.05, 4.69) is 59.6 Å². The van der Waals surface area contributed by atoms with Gasteiger partial charge in [0.1, 0.15) is 0 Å². The Kier molecular flexibility index (Phi) is 6.47. The number of piperidine rings is 1. The quantitative estimate of drug-likeness (QED) is 0.719. The third kappa shape index (κ3) is 4.67. The second kappa shape index (κ2) is 9.01. The zero-order chi connectivity index (χ0) is 19.1. The predicted octanol–water partition coefficient (Wildman–Crippen LogP) is 5.28. The summed E-state index contributed by atoms with van der Waals surface area (Å²) in [5, 5.41) is 13.9. The van der Waals surface area contributed by atoms with Crippen molar-refractivity contribution < 1.29 is 0 Å². The van der Waals surface area contributed by atoms with Crippen molar-refractivity contribution in [3.63, 3.8) is 0 Å². The average molecular weight is 378 g/mol. The highest BCUT2D eigenvalue weighted by molar-refractivity contribution is 7.80. The molecular formula is C23H27N3S. The summed E-state index contributed by atoms with van der Waals surface area (Å²) in [5.41, 5.74) is 3.12. The third-order valence-electron chi connectivity index (χ3n) is 5.47. The van der Waals surface area contributed by atoms with Crippen LogP contribution in [-0.4, -0.2) is 23.1 Å². The normalized spacial score (nSPS) is 15.8. The van der Waals surface area contributed by atoms with Gasteiger partial charge in [-0.25, -0.2) is 0 Å². The van der Waals surface area contributed by atoms with Crippen LogP contribution in [0.4, 0.5) is 5.69 Å². The van der Waals surface area contributed by atoms with E-state index in [1.165, 1.54) is 18.4 Å². The zero-order valence-corrected chi connectivity index (χ0v) is 16.8. The Bertz CT molecular complexity index is 785. The van der Waals surface area contributed by atoms with Crippen molar-refractivity contribution in [2.24, 2.45) is 0 Å². The summed E-state index contributed by atoms with van der Waals surface area (Å²) in [7, 11) is 0. The smallest absolute Gasteiger partial charge is 0.173 e. The molecule has 27 heavy (non-hydrogen) atoms. The summed E-state index contributed by atoms with van der Waals surface area (Å²) < 4.78 is 0. The molecule has 0 amide bonds. The lowest BCUT2D eigenvalue weighted by Crippen LogP contribution is -2.46. The second-order valence-corrected chi connectivity index (χ2v) is 7.66. The fraction of sp³-hybridized carbons (Fsp3) is 0.391. The third-order valence-corrected chi connectivity index (χ3v) is 5.83. The summed E-state index contributed by atoms with van der Waals surface area (Å²) in [5.74, 6) is 0. The Morgan fingerprint density at radius 1 is 1.11 bits per heavy atom. The molecule has 140 valence electrons. The molecule has 0 radical (unpaired) electrons. The first-order valence-corrected chi connectivity index (χ1v) is 10.2. The van der Waals surface area contributed by atoms with E-state index in [1.54, 1.807) is 0 Å². The molecule has 2 aromatic rings. The summed E-state index contributed by atoms with van der Waals surface area (Å²) in [4.78, 5) is 2.18. The van der Waals surface area contributed by atoms with Crippen LogP contribution in [0.1, 0.15) is 43.7 Å². The van der Waals surface area contributed by atoms with E-state index >= 15 is 0 Å². The standard InChI is InChI=1S/C23H27N3S/c1-2-3-7-19-10-12-21(13-11-19)25-22(27)26-16-14-23(18-24,15-17-26)20-8-5-4-6-9-20/h4-6,8-13H,2-3,7,14-17H2,1H3,(H,25,27). The molecule has 1 aliphatic heterocycles. The van der Waals surface area contributed by atoms with E-state index in [0.717, 1.165) is 48.7 Å². The molecule has 1 saturated heterocycles. The van der Waals surface area contributed by atoms with E-state index in [9.17, 15) is 5.26 Å². The van der Waals surface area contributed by atoms with Crippen LogP contribution in [0.15, 0.2) is 54.6 Å². The van der Waals surface area contributed by atoms with Crippen molar-refractivity contribution in [3.05, 3.63) is 65.7 Å². The monoisotopic (exact) mass is 377 g/mol. The van der Waals surface area contributed by atoms with E-state index < -0.39 is 5.41 Å². The minimum absolute atomic E-state index is 0.395. The van der Waals surface area contributed by atoms with E-state index in [0.29, 0.717) is 0 Å². The number of nitriles is 1. The number of nitrogens with zero attached hydrogens (tertiary/aromatic N) is 2. The van der Waals surface area contributed by atoms with Crippen molar-refractivity contribution in [2.45, 2.75) is 44.4 Å². The van der Waals surface area contributed by atoms with Gasteiger partial charge in [-0.2, -0.15) is 5.26 Å². The molecule has 0 saturated carbocycles. The summed E-state index contributed by atoms with van der Waals surface area (Å²) in [6.45, 7) is 3.80. The van der Waals surface area contributed by atoms with E-state index in [1.807, 2.05) is 18.2 Å². The second-order valence-electron chi connectivity index (χ2n) is 7.28. The van der Waals surface area contributed by atoms with Gasteiger partial charge < -0.3 is 10.2 Å². The Balaban J connectivity index is 1.58. The number of likely N-dealkylation sites (tertiary alicyclic amines) is 1. The first-order valence-electron chi connectivity index (χ1n) is 9.78. The molecule has 1 aliphatic rings. The first-order chi connectivity index (χ1) is 13.2. The van der Waals surface area contributed by atoms with Crippen LogP contribution in [0.5, 0.6) is 0 Å². The molecule has 0 aliphatic carbocycles. The van der Waals surface area contributed by atoms with E-state index in [4.69, 9.17) is 12.2 Å². The summed E-state index contributed by atoms with van der Waals surface area (Å²) in [6, 6.07) is 21.3. The van der Waals surface area contributed by atoms with Gasteiger partial charge >= 0.3 is 0 Å². The van der Waals surface area contributed by atoms with Crippen LogP contribution in [0.2, 0.25) is 0 Å². The van der Waals surface area contributed by atoms with Gasteiger partial charge in [-0.3, -0.25) is 0 Å². The molecule has 3 nitrogen and oxygen atoms in total. The average Bonchev–Trinajstić information content (AvgIpc) is 2.74. The molecule has 0 aromatic heterocycles. The number of rotatable bonds is 5. The van der Waals surface area contributed by atoms with Crippen LogP contribution >= 0.6 is 12.2 Å². The lowest BCUT2D eigenvalue weighted by Gasteiger charge is -2.38. The molecule has 1 N–H and O–H groups in total. The van der Waals surface area contributed by atoms with Gasteiger partial charge in [0.05, 0.1) is 11.5 Å². The molecule has 1 fully saturated rings. The van der Waals surface area contributed by atoms with Gasteiger partial charge in [0.2, 0.25) is 0 Å². The number of nitrogens with one attached hydrogen (secondary N) is 1. The summed E-state index contributed by atoms with van der Waals surface area (Å²) >= 11 is 5.62. The molecule has 3 rings (SSSR count). The minimum atomic E-state index is -0.395. The van der Waals surface area contributed by atoms with Crippen LogP contribution in [-0.2, 0) is 11.8 Å². The fourth-order valence-electron chi connectivity index (χ4n) is 3.65. The number of aryl methyl sites for hydroxylation is 1. The van der Waals surface area contributed by atoms with Crippen LogP contribution < -0.4 is 5.32 Å². The topological polar surface area (TPSA) is 39.1 Å². The Morgan fingerprint density at radius 2 is 1.78 bits per heavy atom. The fourth-order valence-corrected chi connectivity index (χ4v) is 3.95. The predicted molar refractivity (Wildman–Crippen MR) is 116 cm³/mol. The van der Waals surface area contributed by atoms with Crippen molar-refractivity contribution in [1.29, 1.82) is 5.26 Å². The molecular weight excluding hydrogens is 350 g/mol. The highest BCUT2D eigenvalue weighted by atomic mass is 32.1. The van der Waals surface area contributed by atoms with Crippen molar-refractivity contribution in [1.82, 2.24) is 4.90 Å². The molecule has 4 heteroatoms. The highest BCUT2D eigenvalue weighted by Crippen LogP contribution is 2.35. The number of benzene rings is 2. The van der Waals surface area contributed by atoms with Gasteiger partial charge in [0.15, 0.2) is 5.11 Å². The SMILES string of the molecule is CCCCc1ccc(NC(=S)N2CCC(C#N)(c3ccccc3)CC2)cc1. The Hall–Kier alpha value is -2.38. The van der Waals surface area contributed by atoms with Crippen molar-refractivity contribution in [3.8, 4) is 6.07 Å². The van der Waals surface area contributed by atoms with Crippen LogP contribution in [0.25, 0.3) is 0 Å². The number of thiocarbonyl (C=S) groups is 1. The molecule has 0 bridgehead atoms. The highest BCUT2D eigenvalue weighted by Gasteiger charge is 2.36. The summed E-state index contributed by atoms with van der Waals surface area (Å²) in [6.07, 6.45) is 5.16. The molecule has 0 unspecified atom stereocenters. The van der Waals surface area contributed by atoms with Gasteiger partial charge in [0.25, 0.3) is 0 Å². The number of anilines is 1. The number of hydrogen-bond donors (Lipinski definition) is 1. The van der Waals surface area contributed by atoms with Crippen LogP contribution in [0, 0.1) is 11.3 Å². The molecule has 2 aromatic carbocycles. The Labute approximate surface area is 168 Å². The maximum Gasteiger partial charge on any atom is 0.173 e. The van der Waals surface area contributed by atoms with E-state index in [-0.39, 0.29) is 0 Å². The van der Waals surface area contributed by atoms with Gasteiger partial charge in [0, 0.05) is 18.8 Å². The van der Waals surface area contributed by atoms with Gasteiger partial charge in [-0.05, 0) is 61.2 Å². The largest absolute Gasteiger partial charge is 0.349 e.